The number of nitrogens with one attached hydrogen (secondary N) is 2. The number of para-hydroxylation sites is 1. The normalized spacial score (nSPS) is 10.8. The number of aromatic nitrogens is 2. The van der Waals surface area contributed by atoms with E-state index >= 15 is 0 Å². The van der Waals surface area contributed by atoms with Gasteiger partial charge in [-0.2, -0.15) is 0 Å². The monoisotopic (exact) mass is 395 g/mol. The molecule has 8 heteroatoms. The third kappa shape index (κ3) is 3.77. The molecule has 0 spiro atoms. The molecule has 0 bridgehead atoms. The van der Waals surface area contributed by atoms with Gasteiger partial charge in [-0.15, -0.1) is 11.3 Å². The lowest BCUT2D eigenvalue weighted by atomic mass is 10.2. The first-order chi connectivity index (χ1) is 13.6. The minimum atomic E-state index is -0.585. The van der Waals surface area contributed by atoms with Crippen molar-refractivity contribution in [2.45, 2.75) is 0 Å². The number of carbonyl (C=O) groups excluding carboxylic acids is 2. The molecule has 0 unspecified atom stereocenters. The molecule has 0 saturated heterocycles. The molecule has 2 heterocycles. The Balaban J connectivity index is 1.36. The molecule has 2 aromatic heterocycles. The number of amides is 1. The molecular weight excluding hydrogens is 381 g/mol. The highest BCUT2D eigenvalue weighted by Crippen LogP contribution is 2.25. The van der Waals surface area contributed by atoms with Gasteiger partial charge in [0, 0.05) is 28.0 Å². The van der Waals surface area contributed by atoms with E-state index in [0.717, 1.165) is 16.5 Å². The van der Waals surface area contributed by atoms with Crippen LogP contribution in [0.15, 0.2) is 60.1 Å². The van der Waals surface area contributed by atoms with Gasteiger partial charge in [0.2, 0.25) is 0 Å². The quantitative estimate of drug-likeness (QED) is 0.496. The first-order valence-corrected chi connectivity index (χ1v) is 9.23. The van der Waals surface area contributed by atoms with Crippen LogP contribution < -0.4 is 5.32 Å². The van der Waals surface area contributed by atoms with Crippen molar-refractivity contribution in [3.05, 3.63) is 71.5 Å². The van der Waals surface area contributed by atoms with Gasteiger partial charge in [0.1, 0.15) is 5.82 Å². The van der Waals surface area contributed by atoms with Gasteiger partial charge >= 0.3 is 5.97 Å². The molecule has 4 aromatic rings. The number of ether oxygens (including phenoxy) is 1. The predicted octanol–water partition coefficient (Wildman–Crippen LogP) is 4.23. The standard InChI is InChI=1S/C20H14FN3O3S/c21-13-7-5-12(6-8-13)17-11-28-20(23-17)24-18(25)10-27-19(26)15-9-22-16-4-2-1-3-14(15)16/h1-9,11,22H,10H2,(H,23,24,25). The average molecular weight is 395 g/mol. The summed E-state index contributed by atoms with van der Waals surface area (Å²) in [6.07, 6.45) is 1.56. The smallest absolute Gasteiger partial charge is 0.340 e. The van der Waals surface area contributed by atoms with Crippen molar-refractivity contribution >= 4 is 39.2 Å². The third-order valence-electron chi connectivity index (χ3n) is 4.03. The molecule has 2 aromatic carbocycles. The molecule has 0 aliphatic heterocycles. The number of anilines is 1. The van der Waals surface area contributed by atoms with E-state index in [9.17, 15) is 14.0 Å². The van der Waals surface area contributed by atoms with E-state index in [4.69, 9.17) is 4.74 Å². The number of H-pyrrole nitrogens is 1. The molecule has 140 valence electrons. The van der Waals surface area contributed by atoms with Crippen LogP contribution in [-0.4, -0.2) is 28.5 Å². The Bertz CT molecular complexity index is 1150. The van der Waals surface area contributed by atoms with E-state index in [1.807, 2.05) is 18.2 Å². The molecule has 0 radical (unpaired) electrons. The summed E-state index contributed by atoms with van der Waals surface area (Å²) in [4.78, 5) is 31.6. The summed E-state index contributed by atoms with van der Waals surface area (Å²) >= 11 is 1.23. The number of fused-ring (bicyclic) bond motifs is 1. The molecule has 0 aliphatic carbocycles. The fraction of sp³-hybridized carbons (Fsp3) is 0.0500. The van der Waals surface area contributed by atoms with Crippen LogP contribution in [0.5, 0.6) is 0 Å². The van der Waals surface area contributed by atoms with Crippen LogP contribution in [0, 0.1) is 5.82 Å². The summed E-state index contributed by atoms with van der Waals surface area (Å²) in [5, 5.41) is 5.44. The maximum atomic E-state index is 13.0. The van der Waals surface area contributed by atoms with Crippen LogP contribution in [0.2, 0.25) is 0 Å². The molecule has 4 rings (SSSR count). The molecule has 0 aliphatic rings. The number of thiazole rings is 1. The van der Waals surface area contributed by atoms with E-state index in [-0.39, 0.29) is 5.82 Å². The van der Waals surface area contributed by atoms with Gasteiger partial charge in [-0.05, 0) is 30.3 Å². The van der Waals surface area contributed by atoms with Crippen molar-refractivity contribution in [2.75, 3.05) is 11.9 Å². The number of rotatable bonds is 5. The minimum Gasteiger partial charge on any atom is -0.452 e. The summed E-state index contributed by atoms with van der Waals surface area (Å²) in [7, 11) is 0. The van der Waals surface area contributed by atoms with Crippen molar-refractivity contribution < 1.29 is 18.7 Å². The molecule has 6 nitrogen and oxygen atoms in total. The maximum Gasteiger partial charge on any atom is 0.340 e. The molecule has 0 saturated carbocycles. The highest BCUT2D eigenvalue weighted by Gasteiger charge is 2.15. The van der Waals surface area contributed by atoms with Crippen molar-refractivity contribution in [3.8, 4) is 11.3 Å². The molecular formula is C20H14FN3O3S. The summed E-state index contributed by atoms with van der Waals surface area (Å²) < 4.78 is 18.1. The Hall–Kier alpha value is -3.52. The Morgan fingerprint density at radius 3 is 2.75 bits per heavy atom. The van der Waals surface area contributed by atoms with Crippen molar-refractivity contribution in [2.24, 2.45) is 0 Å². The SMILES string of the molecule is O=C(COC(=O)c1c[nH]c2ccccc12)Nc1nc(-c2ccc(F)cc2)cs1. The van der Waals surface area contributed by atoms with E-state index < -0.39 is 18.5 Å². The van der Waals surface area contributed by atoms with Gasteiger partial charge in [0.25, 0.3) is 5.91 Å². The second kappa shape index (κ2) is 7.61. The van der Waals surface area contributed by atoms with Gasteiger partial charge in [-0.3, -0.25) is 10.1 Å². The Morgan fingerprint density at radius 2 is 1.93 bits per heavy atom. The topological polar surface area (TPSA) is 84.1 Å². The number of hydrogen-bond donors (Lipinski definition) is 2. The highest BCUT2D eigenvalue weighted by atomic mass is 32.1. The Kier molecular flexibility index (Phi) is 4.86. The van der Waals surface area contributed by atoms with Gasteiger partial charge < -0.3 is 9.72 Å². The van der Waals surface area contributed by atoms with E-state index in [0.29, 0.717) is 16.4 Å². The number of benzene rings is 2. The van der Waals surface area contributed by atoms with Crippen LogP contribution in [0.1, 0.15) is 10.4 Å². The Morgan fingerprint density at radius 1 is 1.14 bits per heavy atom. The predicted molar refractivity (Wildman–Crippen MR) is 105 cm³/mol. The lowest BCUT2D eigenvalue weighted by molar-refractivity contribution is -0.119. The van der Waals surface area contributed by atoms with Gasteiger partial charge in [0.15, 0.2) is 11.7 Å². The summed E-state index contributed by atoms with van der Waals surface area (Å²) in [5.41, 5.74) is 2.55. The second-order valence-electron chi connectivity index (χ2n) is 5.92. The van der Waals surface area contributed by atoms with Gasteiger partial charge in [0.05, 0.1) is 11.3 Å². The summed E-state index contributed by atoms with van der Waals surface area (Å²) in [6.45, 7) is -0.427. The van der Waals surface area contributed by atoms with Crippen LogP contribution in [0.3, 0.4) is 0 Å². The Labute approximate surface area is 163 Å². The van der Waals surface area contributed by atoms with Crippen LogP contribution >= 0.6 is 11.3 Å². The summed E-state index contributed by atoms with van der Waals surface area (Å²) in [6, 6.07) is 13.2. The molecule has 1 amide bonds. The van der Waals surface area contributed by atoms with Crippen LogP contribution in [0.25, 0.3) is 22.2 Å². The lowest BCUT2D eigenvalue weighted by Gasteiger charge is -2.04. The largest absolute Gasteiger partial charge is 0.452 e. The maximum absolute atomic E-state index is 13.0. The van der Waals surface area contributed by atoms with Gasteiger partial charge in [-0.1, -0.05) is 18.2 Å². The average Bonchev–Trinajstić information content (AvgIpc) is 3.34. The van der Waals surface area contributed by atoms with Crippen LogP contribution in [-0.2, 0) is 9.53 Å². The fourth-order valence-electron chi connectivity index (χ4n) is 2.69. The number of aromatic amines is 1. The zero-order valence-corrected chi connectivity index (χ0v) is 15.3. The lowest BCUT2D eigenvalue weighted by Crippen LogP contribution is -2.20. The minimum absolute atomic E-state index is 0.329. The number of halogens is 1. The molecule has 0 fully saturated rings. The van der Waals surface area contributed by atoms with E-state index in [2.05, 4.69) is 15.3 Å². The molecule has 28 heavy (non-hydrogen) atoms. The molecule has 0 atom stereocenters. The number of esters is 1. The zero-order valence-electron chi connectivity index (χ0n) is 14.4. The first kappa shape index (κ1) is 17.9. The van der Waals surface area contributed by atoms with Crippen LogP contribution in [0.4, 0.5) is 9.52 Å². The third-order valence-corrected chi connectivity index (χ3v) is 4.79. The van der Waals surface area contributed by atoms with Crippen molar-refractivity contribution in [1.29, 1.82) is 0 Å². The number of hydrogen-bond acceptors (Lipinski definition) is 5. The van der Waals surface area contributed by atoms with Gasteiger partial charge in [-0.25, -0.2) is 14.2 Å². The second-order valence-corrected chi connectivity index (χ2v) is 6.78. The van der Waals surface area contributed by atoms with E-state index in [1.165, 1.54) is 23.5 Å². The van der Waals surface area contributed by atoms with Crippen molar-refractivity contribution in [3.63, 3.8) is 0 Å². The summed E-state index contributed by atoms with van der Waals surface area (Å²) in [5.74, 6) is -1.41. The van der Waals surface area contributed by atoms with Crippen molar-refractivity contribution in [1.82, 2.24) is 9.97 Å². The fourth-order valence-corrected chi connectivity index (χ4v) is 3.42. The number of carbonyl (C=O) groups is 2. The highest BCUT2D eigenvalue weighted by molar-refractivity contribution is 7.14. The van der Waals surface area contributed by atoms with E-state index in [1.54, 1.807) is 29.8 Å². The molecule has 2 N–H and O–H groups in total. The zero-order chi connectivity index (χ0) is 19.5. The first-order valence-electron chi connectivity index (χ1n) is 8.35. The number of nitrogens with zero attached hydrogens (tertiary/aromatic N) is 1.